The average molecular weight is 409 g/mol. The van der Waals surface area contributed by atoms with Crippen molar-refractivity contribution in [2.45, 2.75) is 6.92 Å². The quantitative estimate of drug-likeness (QED) is 0.720. The third-order valence-corrected chi connectivity index (χ3v) is 4.91. The standard InChI is InChI=1S/C20H22Cl2N2O3/c1-2-26-19-6-4-3-5-17(19)23-9-11-24(12-10-23)20(25)14-27-18-8-7-15(21)13-16(18)22/h3-8,13H,2,9-12,14H2,1H3. The average Bonchev–Trinajstić information content (AvgIpc) is 2.68. The number of carbonyl (C=O) groups is 1. The highest BCUT2D eigenvalue weighted by Gasteiger charge is 2.23. The first kappa shape index (κ1) is 19.6. The van der Waals surface area contributed by atoms with E-state index in [-0.39, 0.29) is 12.5 Å². The maximum Gasteiger partial charge on any atom is 0.260 e. The molecular formula is C20H22Cl2N2O3. The summed E-state index contributed by atoms with van der Waals surface area (Å²) in [4.78, 5) is 16.5. The Morgan fingerprint density at radius 3 is 2.44 bits per heavy atom. The number of carbonyl (C=O) groups excluding carboxylic acids is 1. The molecule has 0 radical (unpaired) electrons. The van der Waals surface area contributed by atoms with Crippen LogP contribution in [0.4, 0.5) is 5.69 Å². The maximum absolute atomic E-state index is 12.5. The second kappa shape index (κ2) is 9.20. The molecule has 0 N–H and O–H groups in total. The van der Waals surface area contributed by atoms with Gasteiger partial charge in [-0.2, -0.15) is 0 Å². The zero-order valence-corrected chi connectivity index (χ0v) is 16.7. The first-order valence-corrected chi connectivity index (χ1v) is 9.66. The number of anilines is 1. The van der Waals surface area contributed by atoms with Crippen LogP contribution in [0.1, 0.15) is 6.92 Å². The second-order valence-electron chi connectivity index (χ2n) is 6.13. The molecule has 0 aliphatic carbocycles. The fourth-order valence-corrected chi connectivity index (χ4v) is 3.48. The summed E-state index contributed by atoms with van der Waals surface area (Å²) in [5.74, 6) is 1.28. The number of hydrogen-bond acceptors (Lipinski definition) is 4. The highest BCUT2D eigenvalue weighted by molar-refractivity contribution is 6.35. The predicted molar refractivity (Wildman–Crippen MR) is 108 cm³/mol. The molecule has 0 bridgehead atoms. The summed E-state index contributed by atoms with van der Waals surface area (Å²) in [6.45, 7) is 5.32. The van der Waals surface area contributed by atoms with Gasteiger partial charge in [0.25, 0.3) is 5.91 Å². The molecule has 27 heavy (non-hydrogen) atoms. The summed E-state index contributed by atoms with van der Waals surface area (Å²) in [5, 5.41) is 0.926. The van der Waals surface area contributed by atoms with Crippen LogP contribution in [0.3, 0.4) is 0 Å². The van der Waals surface area contributed by atoms with Crippen LogP contribution < -0.4 is 14.4 Å². The van der Waals surface area contributed by atoms with Crippen molar-refractivity contribution in [2.75, 3.05) is 44.3 Å². The normalized spacial score (nSPS) is 14.2. The monoisotopic (exact) mass is 408 g/mol. The molecule has 0 saturated carbocycles. The van der Waals surface area contributed by atoms with Crippen molar-refractivity contribution in [2.24, 2.45) is 0 Å². The fourth-order valence-electron chi connectivity index (χ4n) is 3.02. The minimum atomic E-state index is -0.0567. The predicted octanol–water partition coefficient (Wildman–Crippen LogP) is 4.12. The zero-order valence-electron chi connectivity index (χ0n) is 15.2. The van der Waals surface area contributed by atoms with Gasteiger partial charge in [0.15, 0.2) is 6.61 Å². The summed E-state index contributed by atoms with van der Waals surface area (Å²) >= 11 is 11.9. The van der Waals surface area contributed by atoms with Gasteiger partial charge in [-0.15, -0.1) is 0 Å². The van der Waals surface area contributed by atoms with Gasteiger partial charge in [-0.1, -0.05) is 35.3 Å². The number of rotatable bonds is 6. The third-order valence-electron chi connectivity index (χ3n) is 4.38. The highest BCUT2D eigenvalue weighted by Crippen LogP contribution is 2.29. The van der Waals surface area contributed by atoms with E-state index in [4.69, 9.17) is 32.7 Å². The van der Waals surface area contributed by atoms with E-state index in [2.05, 4.69) is 4.90 Å². The van der Waals surface area contributed by atoms with Gasteiger partial charge in [0.05, 0.1) is 17.3 Å². The van der Waals surface area contributed by atoms with Crippen LogP contribution in [0.25, 0.3) is 0 Å². The lowest BCUT2D eigenvalue weighted by Crippen LogP contribution is -2.50. The molecule has 0 unspecified atom stereocenters. The van der Waals surface area contributed by atoms with Crippen molar-refractivity contribution >= 4 is 34.8 Å². The molecule has 7 heteroatoms. The number of amides is 1. The summed E-state index contributed by atoms with van der Waals surface area (Å²) in [7, 11) is 0. The highest BCUT2D eigenvalue weighted by atomic mass is 35.5. The van der Waals surface area contributed by atoms with Crippen LogP contribution in [-0.2, 0) is 4.79 Å². The van der Waals surface area contributed by atoms with Gasteiger partial charge in [-0.25, -0.2) is 0 Å². The number of para-hydroxylation sites is 2. The van der Waals surface area contributed by atoms with E-state index < -0.39 is 0 Å². The topological polar surface area (TPSA) is 42.0 Å². The van der Waals surface area contributed by atoms with E-state index in [9.17, 15) is 4.79 Å². The molecule has 2 aromatic carbocycles. The Hall–Kier alpha value is -2.11. The SMILES string of the molecule is CCOc1ccccc1N1CCN(C(=O)COc2ccc(Cl)cc2Cl)CC1. The molecule has 5 nitrogen and oxygen atoms in total. The third kappa shape index (κ3) is 4.99. The molecular weight excluding hydrogens is 387 g/mol. The van der Waals surface area contributed by atoms with Gasteiger partial charge in [0, 0.05) is 31.2 Å². The molecule has 0 aromatic heterocycles. The molecule has 0 spiro atoms. The van der Waals surface area contributed by atoms with Crippen molar-refractivity contribution in [1.29, 1.82) is 0 Å². The Morgan fingerprint density at radius 2 is 1.74 bits per heavy atom. The maximum atomic E-state index is 12.5. The summed E-state index contributed by atoms with van der Waals surface area (Å²) < 4.78 is 11.3. The van der Waals surface area contributed by atoms with Crippen molar-refractivity contribution < 1.29 is 14.3 Å². The minimum absolute atomic E-state index is 0.0448. The van der Waals surface area contributed by atoms with Crippen LogP contribution in [0, 0.1) is 0 Å². The molecule has 1 amide bonds. The van der Waals surface area contributed by atoms with Gasteiger partial charge in [0.1, 0.15) is 11.5 Å². The van der Waals surface area contributed by atoms with Gasteiger partial charge < -0.3 is 19.3 Å². The number of hydrogen-bond donors (Lipinski definition) is 0. The van der Waals surface area contributed by atoms with Gasteiger partial charge >= 0.3 is 0 Å². The van der Waals surface area contributed by atoms with Crippen molar-refractivity contribution in [3.05, 3.63) is 52.5 Å². The zero-order chi connectivity index (χ0) is 19.2. The van der Waals surface area contributed by atoms with E-state index >= 15 is 0 Å². The van der Waals surface area contributed by atoms with E-state index in [1.807, 2.05) is 36.1 Å². The Bertz CT molecular complexity index is 793. The van der Waals surface area contributed by atoms with E-state index in [1.165, 1.54) is 0 Å². The molecule has 1 aliphatic rings. The minimum Gasteiger partial charge on any atom is -0.492 e. The van der Waals surface area contributed by atoms with Crippen molar-refractivity contribution in [3.8, 4) is 11.5 Å². The largest absolute Gasteiger partial charge is 0.492 e. The lowest BCUT2D eigenvalue weighted by atomic mass is 10.2. The molecule has 3 rings (SSSR count). The van der Waals surface area contributed by atoms with Crippen LogP contribution >= 0.6 is 23.2 Å². The van der Waals surface area contributed by atoms with Gasteiger partial charge in [0.2, 0.25) is 0 Å². The van der Waals surface area contributed by atoms with E-state index in [0.29, 0.717) is 35.5 Å². The van der Waals surface area contributed by atoms with Gasteiger partial charge in [-0.05, 0) is 37.3 Å². The van der Waals surface area contributed by atoms with Crippen LogP contribution in [0.2, 0.25) is 10.0 Å². The molecule has 1 saturated heterocycles. The number of halogens is 2. The van der Waals surface area contributed by atoms with Crippen LogP contribution in [0.15, 0.2) is 42.5 Å². The van der Waals surface area contributed by atoms with Crippen LogP contribution in [0.5, 0.6) is 11.5 Å². The van der Waals surface area contributed by atoms with E-state index in [1.54, 1.807) is 18.2 Å². The second-order valence-corrected chi connectivity index (χ2v) is 6.98. The molecule has 1 heterocycles. The van der Waals surface area contributed by atoms with Gasteiger partial charge in [-0.3, -0.25) is 4.79 Å². The fraction of sp³-hybridized carbons (Fsp3) is 0.350. The summed E-state index contributed by atoms with van der Waals surface area (Å²) in [6.07, 6.45) is 0. The molecule has 0 atom stereocenters. The molecule has 1 aliphatic heterocycles. The van der Waals surface area contributed by atoms with Crippen LogP contribution in [-0.4, -0.2) is 50.2 Å². The first-order chi connectivity index (χ1) is 13.1. The number of benzene rings is 2. The molecule has 2 aromatic rings. The molecule has 144 valence electrons. The Labute approximate surface area is 169 Å². The first-order valence-electron chi connectivity index (χ1n) is 8.91. The Balaban J connectivity index is 1.53. The molecule has 1 fully saturated rings. The van der Waals surface area contributed by atoms with E-state index in [0.717, 1.165) is 24.5 Å². The summed E-state index contributed by atoms with van der Waals surface area (Å²) in [6, 6.07) is 12.9. The lowest BCUT2D eigenvalue weighted by Gasteiger charge is -2.36. The number of ether oxygens (including phenoxy) is 2. The Kier molecular flexibility index (Phi) is 6.69. The lowest BCUT2D eigenvalue weighted by molar-refractivity contribution is -0.133. The smallest absolute Gasteiger partial charge is 0.260 e. The number of piperazine rings is 1. The van der Waals surface area contributed by atoms with Crippen molar-refractivity contribution in [1.82, 2.24) is 4.90 Å². The summed E-state index contributed by atoms with van der Waals surface area (Å²) in [5.41, 5.74) is 1.07. The van der Waals surface area contributed by atoms with Crippen molar-refractivity contribution in [3.63, 3.8) is 0 Å². The number of nitrogens with zero attached hydrogens (tertiary/aromatic N) is 2. The Morgan fingerprint density at radius 1 is 1.00 bits per heavy atom.